The van der Waals surface area contributed by atoms with Crippen LogP contribution in [0.15, 0.2) is 60.8 Å². The predicted molar refractivity (Wildman–Crippen MR) is 97.5 cm³/mol. The van der Waals surface area contributed by atoms with Crippen molar-refractivity contribution < 1.29 is 0 Å². The summed E-state index contributed by atoms with van der Waals surface area (Å²) in [6, 6.07) is 18.4. The Balaban J connectivity index is 1.78. The number of rotatable bonds is 6. The highest BCUT2D eigenvalue weighted by atomic mass is 15.3. The van der Waals surface area contributed by atoms with Gasteiger partial charge in [-0.05, 0) is 37.1 Å². The Morgan fingerprint density at radius 3 is 2.62 bits per heavy atom. The Bertz CT molecular complexity index is 789. The summed E-state index contributed by atoms with van der Waals surface area (Å²) >= 11 is 0. The molecule has 0 aliphatic heterocycles. The lowest BCUT2D eigenvalue weighted by molar-refractivity contribution is 0.798. The summed E-state index contributed by atoms with van der Waals surface area (Å²) in [6.45, 7) is 5.80. The summed E-state index contributed by atoms with van der Waals surface area (Å²) in [6.07, 6.45) is 1.70. The number of hydrogen-bond acceptors (Lipinski definition) is 5. The SMILES string of the molecule is CCN(Cc1ccccc1)c1cnnc(Nc2cccc(C)c2)n1. The number of anilines is 3. The number of nitrogens with one attached hydrogen (secondary N) is 1. The largest absolute Gasteiger partial charge is 0.351 e. The Morgan fingerprint density at radius 2 is 1.88 bits per heavy atom. The minimum atomic E-state index is 0.504. The van der Waals surface area contributed by atoms with Crippen molar-refractivity contribution in [2.75, 3.05) is 16.8 Å². The van der Waals surface area contributed by atoms with E-state index in [4.69, 9.17) is 0 Å². The Morgan fingerprint density at radius 1 is 1.04 bits per heavy atom. The smallest absolute Gasteiger partial charge is 0.249 e. The van der Waals surface area contributed by atoms with E-state index in [1.165, 1.54) is 11.1 Å². The molecule has 0 atom stereocenters. The van der Waals surface area contributed by atoms with E-state index < -0.39 is 0 Å². The van der Waals surface area contributed by atoms with Gasteiger partial charge in [-0.2, -0.15) is 10.1 Å². The number of aromatic nitrogens is 3. The second-order valence-corrected chi connectivity index (χ2v) is 5.63. The highest BCUT2D eigenvalue weighted by Gasteiger charge is 2.09. The molecule has 2 aromatic carbocycles. The molecule has 3 aromatic rings. The summed E-state index contributed by atoms with van der Waals surface area (Å²) in [4.78, 5) is 6.78. The van der Waals surface area contributed by atoms with E-state index in [2.05, 4.69) is 63.5 Å². The molecule has 24 heavy (non-hydrogen) atoms. The molecule has 0 radical (unpaired) electrons. The van der Waals surface area contributed by atoms with Crippen LogP contribution in [0, 0.1) is 6.92 Å². The second kappa shape index (κ2) is 7.55. The molecular formula is C19H21N5. The van der Waals surface area contributed by atoms with Crippen LogP contribution in [0.5, 0.6) is 0 Å². The van der Waals surface area contributed by atoms with Crippen LogP contribution in [-0.2, 0) is 6.54 Å². The standard InChI is InChI=1S/C19H21N5/c1-3-24(14-16-9-5-4-6-10-16)18-13-20-23-19(22-18)21-17-11-7-8-15(2)12-17/h4-13H,3,14H2,1-2H3,(H,21,22,23). The van der Waals surface area contributed by atoms with Crippen molar-refractivity contribution in [2.24, 2.45) is 0 Å². The third-order valence-corrected chi connectivity index (χ3v) is 3.74. The average molecular weight is 319 g/mol. The quantitative estimate of drug-likeness (QED) is 0.745. The molecule has 5 heteroatoms. The van der Waals surface area contributed by atoms with Crippen LogP contribution in [0.1, 0.15) is 18.1 Å². The van der Waals surface area contributed by atoms with Crippen molar-refractivity contribution in [3.63, 3.8) is 0 Å². The molecular weight excluding hydrogens is 298 g/mol. The van der Waals surface area contributed by atoms with E-state index in [0.717, 1.165) is 24.6 Å². The van der Waals surface area contributed by atoms with Crippen molar-refractivity contribution in [1.82, 2.24) is 15.2 Å². The molecule has 0 amide bonds. The summed E-state index contributed by atoms with van der Waals surface area (Å²) in [7, 11) is 0. The zero-order valence-electron chi connectivity index (χ0n) is 14.0. The monoisotopic (exact) mass is 319 g/mol. The summed E-state index contributed by atoms with van der Waals surface area (Å²) in [5.41, 5.74) is 3.38. The first-order valence-electron chi connectivity index (χ1n) is 8.07. The molecule has 0 saturated carbocycles. The minimum Gasteiger partial charge on any atom is -0.351 e. The summed E-state index contributed by atoms with van der Waals surface area (Å²) < 4.78 is 0. The molecule has 0 spiro atoms. The third kappa shape index (κ3) is 4.07. The first-order valence-corrected chi connectivity index (χ1v) is 8.07. The van der Waals surface area contributed by atoms with Crippen molar-refractivity contribution in [3.8, 4) is 0 Å². The van der Waals surface area contributed by atoms with Crippen LogP contribution >= 0.6 is 0 Å². The lowest BCUT2D eigenvalue weighted by Gasteiger charge is -2.21. The highest BCUT2D eigenvalue weighted by Crippen LogP contribution is 2.18. The molecule has 1 heterocycles. The molecule has 1 N–H and O–H groups in total. The van der Waals surface area contributed by atoms with E-state index in [9.17, 15) is 0 Å². The predicted octanol–water partition coefficient (Wildman–Crippen LogP) is 3.95. The zero-order chi connectivity index (χ0) is 16.8. The third-order valence-electron chi connectivity index (χ3n) is 3.74. The minimum absolute atomic E-state index is 0.504. The first kappa shape index (κ1) is 15.9. The van der Waals surface area contributed by atoms with Crippen molar-refractivity contribution in [2.45, 2.75) is 20.4 Å². The van der Waals surface area contributed by atoms with Crippen LogP contribution in [-0.4, -0.2) is 21.7 Å². The topological polar surface area (TPSA) is 53.9 Å². The Kier molecular flexibility index (Phi) is 5.01. The van der Waals surface area contributed by atoms with Gasteiger partial charge in [0.05, 0.1) is 6.20 Å². The molecule has 0 fully saturated rings. The molecule has 122 valence electrons. The van der Waals surface area contributed by atoms with Gasteiger partial charge in [-0.25, -0.2) is 0 Å². The molecule has 0 saturated heterocycles. The lowest BCUT2D eigenvalue weighted by Crippen LogP contribution is -2.23. The van der Waals surface area contributed by atoms with E-state index in [-0.39, 0.29) is 0 Å². The van der Waals surface area contributed by atoms with Crippen molar-refractivity contribution in [3.05, 3.63) is 71.9 Å². The molecule has 0 unspecified atom stereocenters. The zero-order valence-corrected chi connectivity index (χ0v) is 14.0. The Hall–Kier alpha value is -2.95. The summed E-state index contributed by atoms with van der Waals surface area (Å²) in [5.74, 6) is 1.32. The maximum Gasteiger partial charge on any atom is 0.249 e. The fraction of sp³-hybridized carbons (Fsp3) is 0.211. The van der Waals surface area contributed by atoms with Gasteiger partial charge in [-0.15, -0.1) is 5.10 Å². The molecule has 1 aromatic heterocycles. The van der Waals surface area contributed by atoms with E-state index >= 15 is 0 Å². The van der Waals surface area contributed by atoms with E-state index in [1.807, 2.05) is 30.3 Å². The fourth-order valence-corrected chi connectivity index (χ4v) is 2.51. The van der Waals surface area contributed by atoms with Crippen LogP contribution in [0.25, 0.3) is 0 Å². The molecule has 3 rings (SSSR count). The number of hydrogen-bond donors (Lipinski definition) is 1. The maximum absolute atomic E-state index is 4.61. The van der Waals surface area contributed by atoms with Gasteiger partial charge >= 0.3 is 0 Å². The molecule has 0 aliphatic rings. The number of aryl methyl sites for hydroxylation is 1. The first-order chi connectivity index (χ1) is 11.7. The van der Waals surface area contributed by atoms with Gasteiger partial charge < -0.3 is 10.2 Å². The lowest BCUT2D eigenvalue weighted by atomic mass is 10.2. The van der Waals surface area contributed by atoms with Crippen molar-refractivity contribution >= 4 is 17.5 Å². The highest BCUT2D eigenvalue weighted by molar-refractivity contribution is 5.55. The van der Waals surface area contributed by atoms with Gasteiger partial charge in [0.25, 0.3) is 0 Å². The van der Waals surface area contributed by atoms with Gasteiger partial charge in [-0.3, -0.25) is 0 Å². The van der Waals surface area contributed by atoms with Gasteiger partial charge in [0.1, 0.15) is 0 Å². The number of nitrogens with zero attached hydrogens (tertiary/aromatic N) is 4. The molecule has 0 bridgehead atoms. The van der Waals surface area contributed by atoms with E-state index in [1.54, 1.807) is 6.20 Å². The van der Waals surface area contributed by atoms with Gasteiger partial charge in [0.15, 0.2) is 5.82 Å². The maximum atomic E-state index is 4.61. The van der Waals surface area contributed by atoms with Gasteiger partial charge in [-0.1, -0.05) is 42.5 Å². The number of benzene rings is 2. The Labute approximate surface area is 142 Å². The average Bonchev–Trinajstić information content (AvgIpc) is 2.61. The van der Waals surface area contributed by atoms with Crippen LogP contribution in [0.4, 0.5) is 17.5 Å². The van der Waals surface area contributed by atoms with Gasteiger partial charge in [0.2, 0.25) is 5.95 Å². The summed E-state index contributed by atoms with van der Waals surface area (Å²) in [5, 5.41) is 11.4. The van der Waals surface area contributed by atoms with E-state index in [0.29, 0.717) is 5.95 Å². The fourth-order valence-electron chi connectivity index (χ4n) is 2.51. The van der Waals surface area contributed by atoms with Crippen LogP contribution in [0.2, 0.25) is 0 Å². The molecule has 5 nitrogen and oxygen atoms in total. The molecule has 0 aliphatic carbocycles. The van der Waals surface area contributed by atoms with Crippen LogP contribution in [0.3, 0.4) is 0 Å². The van der Waals surface area contributed by atoms with Crippen molar-refractivity contribution in [1.29, 1.82) is 0 Å². The normalized spacial score (nSPS) is 10.4. The van der Waals surface area contributed by atoms with Gasteiger partial charge in [0, 0.05) is 18.8 Å². The second-order valence-electron chi connectivity index (χ2n) is 5.63. The van der Waals surface area contributed by atoms with Crippen LogP contribution < -0.4 is 10.2 Å².